The lowest BCUT2D eigenvalue weighted by molar-refractivity contribution is 0.895. The maximum absolute atomic E-state index is 4.32. The topological polar surface area (TPSA) is 75.6 Å². The Balaban J connectivity index is 2.15. The summed E-state index contributed by atoms with van der Waals surface area (Å²) in [6.07, 6.45) is 6.82. The molecule has 0 aliphatic rings. The second kappa shape index (κ2) is 6.63. The molecule has 0 amide bonds. The van der Waals surface area contributed by atoms with E-state index in [0.717, 1.165) is 35.7 Å². The number of aromatic nitrogens is 4. The summed E-state index contributed by atoms with van der Waals surface area (Å²) in [6, 6.07) is 1.88. The maximum Gasteiger partial charge on any atom is 0.135 e. The Morgan fingerprint density at radius 3 is 2.63 bits per heavy atom. The number of nitrogens with one attached hydrogen (secondary N) is 2. The largest absolute Gasteiger partial charge is 0.373 e. The van der Waals surface area contributed by atoms with Crippen molar-refractivity contribution in [1.82, 2.24) is 19.9 Å². The SMILES string of the molecule is CCCc1c(NC)ncnc1NCc1ccncn1. The van der Waals surface area contributed by atoms with Crippen LogP contribution in [0.5, 0.6) is 0 Å². The second-order valence-corrected chi connectivity index (χ2v) is 4.10. The zero-order valence-electron chi connectivity index (χ0n) is 11.2. The van der Waals surface area contributed by atoms with Crippen LogP contribution in [0.4, 0.5) is 11.6 Å². The van der Waals surface area contributed by atoms with Crippen LogP contribution in [-0.4, -0.2) is 27.0 Å². The third-order valence-electron chi connectivity index (χ3n) is 2.76. The molecule has 0 aliphatic heterocycles. The minimum atomic E-state index is 0.624. The minimum Gasteiger partial charge on any atom is -0.373 e. The van der Waals surface area contributed by atoms with Crippen molar-refractivity contribution in [2.75, 3.05) is 17.7 Å². The van der Waals surface area contributed by atoms with Gasteiger partial charge in [-0.3, -0.25) is 0 Å². The van der Waals surface area contributed by atoms with Gasteiger partial charge in [-0.2, -0.15) is 0 Å². The van der Waals surface area contributed by atoms with Crippen LogP contribution in [0.1, 0.15) is 24.6 Å². The summed E-state index contributed by atoms with van der Waals surface area (Å²) in [4.78, 5) is 16.6. The Morgan fingerprint density at radius 2 is 1.95 bits per heavy atom. The van der Waals surface area contributed by atoms with E-state index in [-0.39, 0.29) is 0 Å². The summed E-state index contributed by atoms with van der Waals surface area (Å²) in [6.45, 7) is 2.76. The molecule has 100 valence electrons. The van der Waals surface area contributed by atoms with Gasteiger partial charge in [0, 0.05) is 18.8 Å². The fraction of sp³-hybridized carbons (Fsp3) is 0.385. The van der Waals surface area contributed by atoms with Gasteiger partial charge in [0.1, 0.15) is 24.3 Å². The molecule has 2 rings (SSSR count). The molecule has 0 atom stereocenters. The van der Waals surface area contributed by atoms with Crippen LogP contribution in [0.25, 0.3) is 0 Å². The fourth-order valence-electron chi connectivity index (χ4n) is 1.86. The summed E-state index contributed by atoms with van der Waals surface area (Å²) >= 11 is 0. The first-order chi connectivity index (χ1) is 9.35. The molecule has 0 unspecified atom stereocenters. The van der Waals surface area contributed by atoms with Crippen LogP contribution in [0.15, 0.2) is 24.9 Å². The standard InChI is InChI=1S/C13H18N6/c1-3-4-11-12(14-2)18-9-19-13(11)16-7-10-5-6-15-8-17-10/h5-6,8-9H,3-4,7H2,1-2H3,(H2,14,16,18,19). The van der Waals surface area contributed by atoms with E-state index in [1.807, 2.05) is 13.1 Å². The first-order valence-electron chi connectivity index (χ1n) is 6.35. The monoisotopic (exact) mass is 258 g/mol. The van der Waals surface area contributed by atoms with Gasteiger partial charge in [-0.25, -0.2) is 19.9 Å². The van der Waals surface area contributed by atoms with Crippen LogP contribution in [-0.2, 0) is 13.0 Å². The number of hydrogen-bond acceptors (Lipinski definition) is 6. The molecule has 0 radical (unpaired) electrons. The molecule has 6 heteroatoms. The van der Waals surface area contributed by atoms with Gasteiger partial charge in [0.2, 0.25) is 0 Å². The highest BCUT2D eigenvalue weighted by atomic mass is 15.1. The molecule has 0 saturated carbocycles. The summed E-state index contributed by atoms with van der Waals surface area (Å²) in [5, 5.41) is 6.41. The van der Waals surface area contributed by atoms with Gasteiger partial charge < -0.3 is 10.6 Å². The molecule has 0 saturated heterocycles. The molecule has 19 heavy (non-hydrogen) atoms. The normalized spacial score (nSPS) is 10.2. The summed E-state index contributed by atoms with van der Waals surface area (Å²) in [5.74, 6) is 1.74. The zero-order chi connectivity index (χ0) is 13.5. The van der Waals surface area contributed by atoms with E-state index in [9.17, 15) is 0 Å². The molecule has 6 nitrogen and oxygen atoms in total. The molecule has 2 aromatic heterocycles. The quantitative estimate of drug-likeness (QED) is 0.824. The van der Waals surface area contributed by atoms with Crippen LogP contribution in [0.2, 0.25) is 0 Å². The Kier molecular flexibility index (Phi) is 4.60. The summed E-state index contributed by atoms with van der Waals surface area (Å²) in [5.41, 5.74) is 2.05. The van der Waals surface area contributed by atoms with E-state index in [1.54, 1.807) is 18.9 Å². The van der Waals surface area contributed by atoms with Gasteiger partial charge in [-0.1, -0.05) is 13.3 Å². The van der Waals surface area contributed by atoms with Crippen molar-refractivity contribution >= 4 is 11.6 Å². The van der Waals surface area contributed by atoms with E-state index in [1.165, 1.54) is 0 Å². The van der Waals surface area contributed by atoms with Gasteiger partial charge in [-0.05, 0) is 12.5 Å². The van der Waals surface area contributed by atoms with E-state index in [4.69, 9.17) is 0 Å². The van der Waals surface area contributed by atoms with Gasteiger partial charge in [0.15, 0.2) is 0 Å². The maximum atomic E-state index is 4.32. The van der Waals surface area contributed by atoms with Crippen LogP contribution < -0.4 is 10.6 Å². The van der Waals surface area contributed by atoms with Gasteiger partial charge in [0.05, 0.1) is 12.2 Å². The van der Waals surface area contributed by atoms with Gasteiger partial charge >= 0.3 is 0 Å². The minimum absolute atomic E-state index is 0.624. The number of rotatable bonds is 6. The lowest BCUT2D eigenvalue weighted by Gasteiger charge is -2.13. The third kappa shape index (κ3) is 3.37. The molecule has 0 aliphatic carbocycles. The summed E-state index contributed by atoms with van der Waals surface area (Å²) < 4.78 is 0. The second-order valence-electron chi connectivity index (χ2n) is 4.10. The molecule has 0 bridgehead atoms. The van der Waals surface area contributed by atoms with Crippen molar-refractivity contribution < 1.29 is 0 Å². The van der Waals surface area contributed by atoms with Crippen LogP contribution in [0, 0.1) is 0 Å². The molecule has 0 fully saturated rings. The molecule has 2 N–H and O–H groups in total. The molecule has 0 spiro atoms. The predicted molar refractivity (Wildman–Crippen MR) is 74.9 cm³/mol. The van der Waals surface area contributed by atoms with Crippen LogP contribution in [0.3, 0.4) is 0 Å². The van der Waals surface area contributed by atoms with Crippen molar-refractivity contribution in [2.45, 2.75) is 26.3 Å². The predicted octanol–water partition coefficient (Wildman–Crippen LogP) is 1.87. The average molecular weight is 258 g/mol. The number of anilines is 2. The zero-order valence-corrected chi connectivity index (χ0v) is 11.2. The van der Waals surface area contributed by atoms with Crippen molar-refractivity contribution in [2.24, 2.45) is 0 Å². The molecule has 2 heterocycles. The van der Waals surface area contributed by atoms with E-state index >= 15 is 0 Å². The van der Waals surface area contributed by atoms with Gasteiger partial charge in [-0.15, -0.1) is 0 Å². The van der Waals surface area contributed by atoms with Gasteiger partial charge in [0.25, 0.3) is 0 Å². The number of hydrogen-bond donors (Lipinski definition) is 2. The lowest BCUT2D eigenvalue weighted by Crippen LogP contribution is -2.09. The lowest BCUT2D eigenvalue weighted by atomic mass is 10.1. The first-order valence-corrected chi connectivity index (χ1v) is 6.35. The van der Waals surface area contributed by atoms with Crippen LogP contribution >= 0.6 is 0 Å². The third-order valence-corrected chi connectivity index (χ3v) is 2.76. The fourth-order valence-corrected chi connectivity index (χ4v) is 1.86. The Morgan fingerprint density at radius 1 is 1.11 bits per heavy atom. The Bertz CT molecular complexity index is 514. The molecule has 0 aromatic carbocycles. The van der Waals surface area contributed by atoms with Crippen molar-refractivity contribution in [1.29, 1.82) is 0 Å². The Labute approximate surface area is 112 Å². The smallest absolute Gasteiger partial charge is 0.135 e. The molecular weight excluding hydrogens is 240 g/mol. The molecular formula is C13H18N6. The number of nitrogens with zero attached hydrogens (tertiary/aromatic N) is 4. The van der Waals surface area contributed by atoms with E-state index in [2.05, 4.69) is 37.5 Å². The first kappa shape index (κ1) is 13.2. The Hall–Kier alpha value is -2.24. The highest BCUT2D eigenvalue weighted by molar-refractivity contribution is 5.57. The average Bonchev–Trinajstić information content (AvgIpc) is 2.47. The van der Waals surface area contributed by atoms with Crippen molar-refractivity contribution in [3.8, 4) is 0 Å². The van der Waals surface area contributed by atoms with Crippen molar-refractivity contribution in [3.05, 3.63) is 36.2 Å². The summed E-state index contributed by atoms with van der Waals surface area (Å²) in [7, 11) is 1.87. The van der Waals surface area contributed by atoms with E-state index in [0.29, 0.717) is 6.54 Å². The molecule has 2 aromatic rings. The van der Waals surface area contributed by atoms with E-state index < -0.39 is 0 Å². The highest BCUT2D eigenvalue weighted by Gasteiger charge is 2.09. The van der Waals surface area contributed by atoms with Crippen molar-refractivity contribution in [3.63, 3.8) is 0 Å². The highest BCUT2D eigenvalue weighted by Crippen LogP contribution is 2.21.